The third-order valence-electron chi connectivity index (χ3n) is 4.74. The van der Waals surface area contributed by atoms with Gasteiger partial charge in [-0.2, -0.15) is 0 Å². The van der Waals surface area contributed by atoms with Gasteiger partial charge in [-0.1, -0.05) is 0 Å². The highest BCUT2D eigenvalue weighted by Gasteiger charge is 2.24. The topological polar surface area (TPSA) is 63.1 Å². The zero-order valence-corrected chi connectivity index (χ0v) is 14.5. The molecule has 3 aromatic rings. The highest BCUT2D eigenvalue weighted by atomic mass is 19.1. The number of hydrogen-bond acceptors (Lipinski definition) is 5. The number of hydrogen-bond donors (Lipinski definition) is 1. The van der Waals surface area contributed by atoms with Gasteiger partial charge in [-0.3, -0.25) is 14.3 Å². The lowest BCUT2D eigenvalue weighted by Crippen LogP contribution is -2.38. The molecule has 1 aliphatic rings. The van der Waals surface area contributed by atoms with Crippen LogP contribution >= 0.6 is 0 Å². The number of piperidine rings is 1. The van der Waals surface area contributed by atoms with E-state index in [0.29, 0.717) is 16.9 Å². The number of nitrogens with zero attached hydrogens (tertiary/aromatic N) is 4. The second-order valence-corrected chi connectivity index (χ2v) is 6.70. The molecular weight excluding hydrogens is 333 g/mol. The van der Waals surface area contributed by atoms with Gasteiger partial charge in [0.25, 0.3) is 5.56 Å². The minimum absolute atomic E-state index is 0.0133. The first-order valence-corrected chi connectivity index (χ1v) is 8.69. The van der Waals surface area contributed by atoms with Crippen molar-refractivity contribution in [1.82, 2.24) is 19.4 Å². The van der Waals surface area contributed by atoms with Crippen molar-refractivity contribution in [3.63, 3.8) is 0 Å². The minimum atomic E-state index is -0.434. The molecule has 26 heavy (non-hydrogen) atoms. The van der Waals surface area contributed by atoms with Crippen molar-refractivity contribution in [2.45, 2.75) is 18.9 Å². The summed E-state index contributed by atoms with van der Waals surface area (Å²) in [7, 11) is 2.04. The third kappa shape index (κ3) is 3.17. The number of aromatic nitrogens is 3. The van der Waals surface area contributed by atoms with Gasteiger partial charge in [-0.05, 0) is 56.8 Å². The molecule has 0 spiro atoms. The summed E-state index contributed by atoms with van der Waals surface area (Å²) in [6, 6.07) is 7.79. The lowest BCUT2D eigenvalue weighted by molar-refractivity contribution is 0.210. The molecule has 0 unspecified atom stereocenters. The average Bonchev–Trinajstić information content (AvgIpc) is 2.63. The molecule has 1 N–H and O–H groups in total. The molecule has 0 amide bonds. The molecule has 2 aromatic heterocycles. The van der Waals surface area contributed by atoms with Gasteiger partial charge in [0, 0.05) is 12.7 Å². The Morgan fingerprint density at radius 2 is 2.19 bits per heavy atom. The largest absolute Gasteiger partial charge is 0.324 e. The summed E-state index contributed by atoms with van der Waals surface area (Å²) in [4.78, 5) is 24.1. The zero-order valence-electron chi connectivity index (χ0n) is 14.5. The molecule has 0 bridgehead atoms. The van der Waals surface area contributed by atoms with Gasteiger partial charge in [-0.15, -0.1) is 0 Å². The quantitative estimate of drug-likeness (QED) is 0.784. The standard InChI is InChI=1S/C19H20FN5O/c1-24-9-3-5-15(12-24)25-18(26)16-10-13(20)6-7-17(16)23-19(25)22-14-4-2-8-21-11-14/h2,4,6-8,10-11,15H,3,5,9,12H2,1H3,(H,22,23)/t15-/m1/s1. The Balaban J connectivity index is 1.88. The van der Waals surface area contributed by atoms with Crippen molar-refractivity contribution in [1.29, 1.82) is 0 Å². The van der Waals surface area contributed by atoms with E-state index in [1.54, 1.807) is 17.0 Å². The van der Waals surface area contributed by atoms with Crippen molar-refractivity contribution in [2.75, 3.05) is 25.5 Å². The number of benzene rings is 1. The molecular formula is C19H20FN5O. The molecule has 1 aliphatic heterocycles. The number of fused-ring (bicyclic) bond motifs is 1. The van der Waals surface area contributed by atoms with Crippen LogP contribution in [0, 0.1) is 5.82 Å². The minimum Gasteiger partial charge on any atom is -0.324 e. The molecule has 134 valence electrons. The molecule has 1 saturated heterocycles. The molecule has 0 radical (unpaired) electrons. The summed E-state index contributed by atoms with van der Waals surface area (Å²) < 4.78 is 15.4. The van der Waals surface area contributed by atoms with E-state index in [1.807, 2.05) is 19.2 Å². The van der Waals surface area contributed by atoms with Crippen LogP contribution in [0.15, 0.2) is 47.5 Å². The van der Waals surface area contributed by atoms with Crippen molar-refractivity contribution >= 4 is 22.5 Å². The molecule has 1 fully saturated rings. The van der Waals surface area contributed by atoms with Crippen molar-refractivity contribution in [3.05, 3.63) is 58.9 Å². The maximum absolute atomic E-state index is 13.7. The predicted octanol–water partition coefficient (Wildman–Crippen LogP) is 2.94. The Bertz CT molecular complexity index is 988. The van der Waals surface area contributed by atoms with Gasteiger partial charge in [0.2, 0.25) is 5.95 Å². The first-order valence-electron chi connectivity index (χ1n) is 8.69. The highest BCUT2D eigenvalue weighted by Crippen LogP contribution is 2.25. The van der Waals surface area contributed by atoms with Crippen molar-refractivity contribution in [2.24, 2.45) is 0 Å². The molecule has 4 rings (SSSR count). The van der Waals surface area contributed by atoms with Crippen LogP contribution in [0.4, 0.5) is 16.0 Å². The van der Waals surface area contributed by atoms with Gasteiger partial charge in [-0.25, -0.2) is 9.37 Å². The fourth-order valence-corrected chi connectivity index (χ4v) is 3.51. The molecule has 0 aliphatic carbocycles. The highest BCUT2D eigenvalue weighted by molar-refractivity contribution is 5.79. The SMILES string of the molecule is CN1CCC[C@@H](n2c(Nc3cccnc3)nc3ccc(F)cc3c2=O)C1. The summed E-state index contributed by atoms with van der Waals surface area (Å²) in [6.45, 7) is 1.76. The first-order chi connectivity index (χ1) is 12.6. The second kappa shape index (κ2) is 6.84. The van der Waals surface area contributed by atoms with Crippen LogP contribution in [-0.2, 0) is 0 Å². The second-order valence-electron chi connectivity index (χ2n) is 6.70. The van der Waals surface area contributed by atoms with E-state index in [2.05, 4.69) is 20.2 Å². The predicted molar refractivity (Wildman–Crippen MR) is 99.2 cm³/mol. The Morgan fingerprint density at radius 3 is 2.96 bits per heavy atom. The smallest absolute Gasteiger partial charge is 0.263 e. The molecule has 0 saturated carbocycles. The van der Waals surface area contributed by atoms with Crippen LogP contribution in [-0.4, -0.2) is 39.6 Å². The summed E-state index contributed by atoms with van der Waals surface area (Å²) >= 11 is 0. The molecule has 1 atom stereocenters. The van der Waals surface area contributed by atoms with Crippen LogP contribution in [0.3, 0.4) is 0 Å². The normalized spacial score (nSPS) is 18.2. The Kier molecular flexibility index (Phi) is 4.38. The first kappa shape index (κ1) is 16.7. The average molecular weight is 353 g/mol. The molecule has 1 aromatic carbocycles. The van der Waals surface area contributed by atoms with Crippen molar-refractivity contribution < 1.29 is 4.39 Å². The molecule has 6 nitrogen and oxygen atoms in total. The van der Waals surface area contributed by atoms with Gasteiger partial charge in [0.15, 0.2) is 0 Å². The lowest BCUT2D eigenvalue weighted by Gasteiger charge is -2.32. The molecule has 3 heterocycles. The number of anilines is 2. The Morgan fingerprint density at radius 1 is 1.31 bits per heavy atom. The summed E-state index contributed by atoms with van der Waals surface area (Å²) in [5.41, 5.74) is 1.00. The summed E-state index contributed by atoms with van der Waals surface area (Å²) in [6.07, 6.45) is 5.25. The Hall–Kier alpha value is -2.80. The van der Waals surface area contributed by atoms with Crippen LogP contribution in [0.2, 0.25) is 0 Å². The number of nitrogens with one attached hydrogen (secondary N) is 1. The number of rotatable bonds is 3. The van der Waals surface area contributed by atoms with Crippen molar-refractivity contribution in [3.8, 4) is 0 Å². The number of halogens is 1. The fraction of sp³-hybridized carbons (Fsp3) is 0.316. The number of pyridine rings is 1. The third-order valence-corrected chi connectivity index (χ3v) is 4.74. The maximum Gasteiger partial charge on any atom is 0.263 e. The van der Waals surface area contributed by atoms with E-state index in [9.17, 15) is 9.18 Å². The maximum atomic E-state index is 13.7. The van der Waals surface area contributed by atoms with E-state index in [0.717, 1.165) is 31.6 Å². The van der Waals surface area contributed by atoms with Gasteiger partial charge in [0.05, 0.1) is 28.8 Å². The van der Waals surface area contributed by atoms with E-state index >= 15 is 0 Å². The van der Waals surface area contributed by atoms with E-state index in [-0.39, 0.29) is 11.6 Å². The van der Waals surface area contributed by atoms with E-state index in [1.165, 1.54) is 18.2 Å². The number of likely N-dealkylation sites (N-methyl/N-ethyl adjacent to an activating group) is 1. The van der Waals surface area contributed by atoms with Gasteiger partial charge < -0.3 is 10.2 Å². The number of likely N-dealkylation sites (tertiary alicyclic amines) is 1. The fourth-order valence-electron chi connectivity index (χ4n) is 3.51. The Labute approximate surface area is 150 Å². The van der Waals surface area contributed by atoms with Crippen LogP contribution in [0.1, 0.15) is 18.9 Å². The monoisotopic (exact) mass is 353 g/mol. The van der Waals surface area contributed by atoms with Crippen LogP contribution < -0.4 is 10.9 Å². The zero-order chi connectivity index (χ0) is 18.1. The van der Waals surface area contributed by atoms with Crippen LogP contribution in [0.25, 0.3) is 10.9 Å². The van der Waals surface area contributed by atoms with Crippen LogP contribution in [0.5, 0.6) is 0 Å². The molecule has 7 heteroatoms. The lowest BCUT2D eigenvalue weighted by atomic mass is 10.1. The summed E-state index contributed by atoms with van der Waals surface area (Å²) in [5.74, 6) is 0.0269. The van der Waals surface area contributed by atoms with Gasteiger partial charge >= 0.3 is 0 Å². The van der Waals surface area contributed by atoms with Gasteiger partial charge in [0.1, 0.15) is 5.82 Å². The van der Waals surface area contributed by atoms with E-state index in [4.69, 9.17) is 0 Å². The van der Waals surface area contributed by atoms with E-state index < -0.39 is 5.82 Å². The summed E-state index contributed by atoms with van der Waals surface area (Å²) in [5, 5.41) is 3.51.